The summed E-state index contributed by atoms with van der Waals surface area (Å²) < 4.78 is 1.99. The Kier molecular flexibility index (Phi) is 5.46. The lowest BCUT2D eigenvalue weighted by Gasteiger charge is -2.39. The highest BCUT2D eigenvalue weighted by atomic mass is 16.3. The Morgan fingerprint density at radius 2 is 2.07 bits per heavy atom. The van der Waals surface area contributed by atoms with Gasteiger partial charge >= 0.3 is 0 Å². The largest absolute Gasteiger partial charge is 0.388 e. The van der Waals surface area contributed by atoms with Gasteiger partial charge in [-0.3, -0.25) is 4.79 Å². The summed E-state index contributed by atoms with van der Waals surface area (Å²) in [5.74, 6) is 1.29. The van der Waals surface area contributed by atoms with Crippen LogP contribution in [0.15, 0.2) is 42.9 Å². The highest BCUT2D eigenvalue weighted by Gasteiger charge is 2.35. The van der Waals surface area contributed by atoms with Gasteiger partial charge in [0.25, 0.3) is 0 Å². The summed E-state index contributed by atoms with van der Waals surface area (Å²) >= 11 is 0. The van der Waals surface area contributed by atoms with Gasteiger partial charge in [-0.15, -0.1) is 0 Å². The van der Waals surface area contributed by atoms with E-state index in [1.54, 1.807) is 6.20 Å². The van der Waals surface area contributed by atoms with E-state index in [0.29, 0.717) is 38.9 Å². The molecule has 1 aromatic carbocycles. The fourth-order valence-electron chi connectivity index (χ4n) is 4.46. The molecule has 1 unspecified atom stereocenters. The Bertz CT molecular complexity index is 982. The van der Waals surface area contributed by atoms with Crippen LogP contribution in [0.4, 0.5) is 0 Å². The molecule has 6 nitrogen and oxygen atoms in total. The topological polar surface area (TPSA) is 74.2 Å². The van der Waals surface area contributed by atoms with E-state index in [1.807, 2.05) is 34.7 Å². The molecular formula is C23H30N4O2. The first-order valence-corrected chi connectivity index (χ1v) is 10.5. The lowest BCUT2D eigenvalue weighted by atomic mass is 9.89. The molecule has 0 spiro atoms. The number of nitrogens with zero attached hydrogens (tertiary/aromatic N) is 3. The van der Waals surface area contributed by atoms with Crippen molar-refractivity contribution in [1.82, 2.24) is 19.4 Å². The minimum atomic E-state index is -0.775. The van der Waals surface area contributed by atoms with Gasteiger partial charge < -0.3 is 19.6 Å². The average molecular weight is 395 g/mol. The van der Waals surface area contributed by atoms with Crippen LogP contribution in [0.2, 0.25) is 0 Å². The molecule has 2 aromatic heterocycles. The van der Waals surface area contributed by atoms with Crippen LogP contribution in [-0.2, 0) is 11.3 Å². The third kappa shape index (κ3) is 4.08. The number of imidazole rings is 1. The number of carbonyl (C=O) groups is 1. The van der Waals surface area contributed by atoms with Crippen molar-refractivity contribution < 1.29 is 9.90 Å². The number of benzene rings is 1. The number of aliphatic hydroxyl groups is 1. The van der Waals surface area contributed by atoms with E-state index in [1.165, 1.54) is 10.9 Å². The van der Waals surface area contributed by atoms with E-state index in [-0.39, 0.29) is 11.8 Å². The number of piperidine rings is 1. The van der Waals surface area contributed by atoms with Gasteiger partial charge in [0.05, 0.1) is 12.1 Å². The quantitative estimate of drug-likeness (QED) is 0.671. The van der Waals surface area contributed by atoms with Crippen LogP contribution in [0.3, 0.4) is 0 Å². The number of aromatic nitrogens is 3. The highest BCUT2D eigenvalue weighted by Crippen LogP contribution is 2.32. The van der Waals surface area contributed by atoms with Crippen molar-refractivity contribution in [2.24, 2.45) is 0 Å². The third-order valence-electron chi connectivity index (χ3n) is 6.41. The van der Waals surface area contributed by atoms with Crippen LogP contribution in [0.5, 0.6) is 0 Å². The number of hydrogen-bond donors (Lipinski definition) is 2. The minimum absolute atomic E-state index is 0.183. The number of aryl methyl sites for hydroxylation is 1. The SMILES string of the molecule is CCC(CC(=O)N1CCC(O)(Cn2ccnc2C)CC1)c1c[nH]c2ccccc12. The van der Waals surface area contributed by atoms with Gasteiger partial charge in [0.2, 0.25) is 5.91 Å². The van der Waals surface area contributed by atoms with Gasteiger partial charge in [0, 0.05) is 49.0 Å². The van der Waals surface area contributed by atoms with E-state index >= 15 is 0 Å². The van der Waals surface area contributed by atoms with Gasteiger partial charge in [0.1, 0.15) is 5.82 Å². The monoisotopic (exact) mass is 394 g/mol. The average Bonchev–Trinajstić information content (AvgIpc) is 3.32. The summed E-state index contributed by atoms with van der Waals surface area (Å²) in [5.41, 5.74) is 1.57. The van der Waals surface area contributed by atoms with E-state index < -0.39 is 5.60 Å². The van der Waals surface area contributed by atoms with Crippen LogP contribution in [0.1, 0.15) is 49.9 Å². The van der Waals surface area contributed by atoms with Gasteiger partial charge in [-0.2, -0.15) is 0 Å². The maximum absolute atomic E-state index is 13.0. The molecule has 2 N–H and O–H groups in total. The molecular weight excluding hydrogens is 364 g/mol. The second-order valence-electron chi connectivity index (χ2n) is 8.31. The standard InChI is InChI=1S/C23H30N4O2/c1-3-18(20-15-25-21-7-5-4-6-19(20)21)14-22(28)26-11-8-23(29,9-12-26)16-27-13-10-24-17(27)2/h4-7,10,13,15,18,25,29H,3,8-9,11-12,14,16H2,1-2H3. The zero-order valence-electron chi connectivity index (χ0n) is 17.3. The molecule has 1 aliphatic rings. The van der Waals surface area contributed by atoms with Crippen molar-refractivity contribution in [1.29, 1.82) is 0 Å². The summed E-state index contributed by atoms with van der Waals surface area (Å²) in [4.78, 5) is 22.5. The Balaban J connectivity index is 1.38. The van der Waals surface area contributed by atoms with Crippen molar-refractivity contribution in [3.63, 3.8) is 0 Å². The Hall–Kier alpha value is -2.60. The first-order valence-electron chi connectivity index (χ1n) is 10.5. The summed E-state index contributed by atoms with van der Waals surface area (Å²) in [6, 6.07) is 8.25. The summed E-state index contributed by atoms with van der Waals surface area (Å²) in [7, 11) is 0. The van der Waals surface area contributed by atoms with Crippen molar-refractivity contribution in [2.75, 3.05) is 13.1 Å². The van der Waals surface area contributed by atoms with E-state index in [4.69, 9.17) is 0 Å². The Morgan fingerprint density at radius 3 is 2.76 bits per heavy atom. The number of rotatable bonds is 6. The zero-order chi connectivity index (χ0) is 20.4. The summed E-state index contributed by atoms with van der Waals surface area (Å²) in [6.45, 7) is 5.83. The molecule has 1 amide bonds. The predicted molar refractivity (Wildman–Crippen MR) is 114 cm³/mol. The number of para-hydroxylation sites is 1. The van der Waals surface area contributed by atoms with Crippen molar-refractivity contribution in [3.05, 3.63) is 54.2 Å². The minimum Gasteiger partial charge on any atom is -0.388 e. The fourth-order valence-corrected chi connectivity index (χ4v) is 4.46. The molecule has 1 atom stereocenters. The van der Waals surface area contributed by atoms with E-state index in [9.17, 15) is 9.90 Å². The summed E-state index contributed by atoms with van der Waals surface area (Å²) in [6.07, 6.45) is 8.34. The highest BCUT2D eigenvalue weighted by molar-refractivity contribution is 5.85. The lowest BCUT2D eigenvalue weighted by molar-refractivity contribution is -0.136. The molecule has 1 aliphatic heterocycles. The van der Waals surface area contributed by atoms with Crippen LogP contribution >= 0.6 is 0 Å². The molecule has 1 saturated heterocycles. The summed E-state index contributed by atoms with van der Waals surface area (Å²) in [5, 5.41) is 12.2. The normalized spacial score (nSPS) is 17.6. The lowest BCUT2D eigenvalue weighted by Crippen LogP contribution is -2.48. The molecule has 0 bridgehead atoms. The van der Waals surface area contributed by atoms with Crippen LogP contribution in [0, 0.1) is 6.92 Å². The molecule has 3 heterocycles. The molecule has 1 fully saturated rings. The number of likely N-dealkylation sites (tertiary alicyclic amines) is 1. The zero-order valence-corrected chi connectivity index (χ0v) is 17.3. The number of aromatic amines is 1. The maximum atomic E-state index is 13.0. The smallest absolute Gasteiger partial charge is 0.223 e. The molecule has 3 aromatic rings. The van der Waals surface area contributed by atoms with Crippen molar-refractivity contribution in [3.8, 4) is 0 Å². The Morgan fingerprint density at radius 1 is 1.31 bits per heavy atom. The number of fused-ring (bicyclic) bond motifs is 1. The predicted octanol–water partition coefficient (Wildman–Crippen LogP) is 3.61. The van der Waals surface area contributed by atoms with Gasteiger partial charge in [-0.25, -0.2) is 4.98 Å². The van der Waals surface area contributed by atoms with E-state index in [0.717, 1.165) is 17.8 Å². The Labute approximate surface area is 171 Å². The number of amides is 1. The maximum Gasteiger partial charge on any atom is 0.223 e. The van der Waals surface area contributed by atoms with Crippen LogP contribution in [0.25, 0.3) is 10.9 Å². The molecule has 0 saturated carbocycles. The number of nitrogens with one attached hydrogen (secondary N) is 1. The first kappa shape index (κ1) is 19.7. The second kappa shape index (κ2) is 8.03. The third-order valence-corrected chi connectivity index (χ3v) is 6.41. The van der Waals surface area contributed by atoms with Gasteiger partial charge in [-0.1, -0.05) is 25.1 Å². The van der Waals surface area contributed by atoms with Crippen LogP contribution in [-0.4, -0.2) is 49.1 Å². The van der Waals surface area contributed by atoms with Crippen LogP contribution < -0.4 is 0 Å². The molecule has 4 rings (SSSR count). The fraction of sp³-hybridized carbons (Fsp3) is 0.478. The molecule has 6 heteroatoms. The first-order chi connectivity index (χ1) is 14.0. The molecule has 0 radical (unpaired) electrons. The number of carbonyl (C=O) groups excluding carboxylic acids is 1. The molecule has 0 aliphatic carbocycles. The van der Waals surface area contributed by atoms with Crippen molar-refractivity contribution >= 4 is 16.8 Å². The van der Waals surface area contributed by atoms with Crippen molar-refractivity contribution in [2.45, 2.75) is 57.6 Å². The van der Waals surface area contributed by atoms with Gasteiger partial charge in [-0.05, 0) is 43.7 Å². The van der Waals surface area contributed by atoms with E-state index in [2.05, 4.69) is 35.2 Å². The number of hydrogen-bond acceptors (Lipinski definition) is 3. The van der Waals surface area contributed by atoms with Gasteiger partial charge in [0.15, 0.2) is 0 Å². The number of H-pyrrole nitrogens is 1. The molecule has 29 heavy (non-hydrogen) atoms. The second-order valence-corrected chi connectivity index (χ2v) is 8.31. The molecule has 154 valence electrons.